The molecule has 3 aromatic carbocycles. The summed E-state index contributed by atoms with van der Waals surface area (Å²) in [5, 5.41) is 13.3. The summed E-state index contributed by atoms with van der Waals surface area (Å²) >= 11 is 12.5. The van der Waals surface area contributed by atoms with Gasteiger partial charge in [0.05, 0.1) is 6.04 Å². The van der Waals surface area contributed by atoms with Crippen LogP contribution in [0.15, 0.2) is 54.6 Å². The maximum Gasteiger partial charge on any atom is 0.251 e. The van der Waals surface area contributed by atoms with Crippen molar-refractivity contribution in [2.24, 2.45) is 0 Å². The topological polar surface area (TPSA) is 52.6 Å². The molecule has 180 valence electrons. The summed E-state index contributed by atoms with van der Waals surface area (Å²) in [6.45, 7) is 6.80. The van der Waals surface area contributed by atoms with Gasteiger partial charge in [-0.15, -0.1) is 0 Å². The molecule has 0 bridgehead atoms. The van der Waals surface area contributed by atoms with E-state index < -0.39 is 0 Å². The molecule has 34 heavy (non-hydrogen) atoms. The molecule has 4 nitrogen and oxygen atoms in total. The van der Waals surface area contributed by atoms with Gasteiger partial charge in [-0.05, 0) is 93.1 Å². The fraction of sp³-hybridized carbons (Fsp3) is 0.321. The van der Waals surface area contributed by atoms with E-state index in [1.807, 2.05) is 12.1 Å². The van der Waals surface area contributed by atoms with Crippen LogP contribution in [0.25, 0.3) is 0 Å². The van der Waals surface area contributed by atoms with E-state index in [-0.39, 0.29) is 11.7 Å². The summed E-state index contributed by atoms with van der Waals surface area (Å²) in [7, 11) is 1.59. The predicted molar refractivity (Wildman–Crippen MR) is 143 cm³/mol. The van der Waals surface area contributed by atoms with Crippen LogP contribution in [0.2, 0.25) is 10.0 Å². The number of halogens is 2. The number of phenols is 1. The van der Waals surface area contributed by atoms with E-state index in [0.717, 1.165) is 29.1 Å². The second-order valence-corrected chi connectivity index (χ2v) is 9.58. The lowest BCUT2D eigenvalue weighted by Gasteiger charge is -2.38. The fourth-order valence-corrected chi connectivity index (χ4v) is 5.03. The monoisotopic (exact) mass is 498 g/mol. The summed E-state index contributed by atoms with van der Waals surface area (Å²) in [6.07, 6.45) is 3.61. The van der Waals surface area contributed by atoms with Crippen molar-refractivity contribution < 1.29 is 9.90 Å². The number of aryl methyl sites for hydroxylation is 3. The van der Waals surface area contributed by atoms with Crippen molar-refractivity contribution in [2.75, 3.05) is 18.5 Å². The van der Waals surface area contributed by atoms with Crippen LogP contribution in [0.5, 0.6) is 5.75 Å². The molecule has 1 aliphatic rings. The van der Waals surface area contributed by atoms with Gasteiger partial charge in [-0.1, -0.05) is 47.0 Å². The molecule has 1 saturated heterocycles. The Hall–Kier alpha value is -2.69. The second-order valence-electron chi connectivity index (χ2n) is 8.74. The summed E-state index contributed by atoms with van der Waals surface area (Å²) in [5.74, 6) is 0.0812. The number of benzene rings is 3. The van der Waals surface area contributed by atoms with Crippen LogP contribution in [0.1, 0.15) is 57.9 Å². The van der Waals surface area contributed by atoms with Gasteiger partial charge >= 0.3 is 0 Å². The minimum atomic E-state index is -0.116. The molecule has 1 fully saturated rings. The van der Waals surface area contributed by atoms with Crippen molar-refractivity contribution in [3.63, 3.8) is 0 Å². The van der Waals surface area contributed by atoms with Crippen LogP contribution in [-0.2, 0) is 0 Å². The number of carbonyl (C=O) groups excluding carboxylic acids is 1. The number of amides is 1. The van der Waals surface area contributed by atoms with E-state index in [9.17, 15) is 9.90 Å². The Bertz CT molecular complexity index is 1120. The molecular weight excluding hydrogens is 467 g/mol. The lowest BCUT2D eigenvalue weighted by atomic mass is 9.94. The maximum absolute atomic E-state index is 11.4. The number of phenolic OH excluding ortho intramolecular Hbond substituents is 1. The highest BCUT2D eigenvalue weighted by atomic mass is 35.5. The lowest BCUT2D eigenvalue weighted by Crippen LogP contribution is -2.33. The van der Waals surface area contributed by atoms with Crippen molar-refractivity contribution in [1.29, 1.82) is 0 Å². The van der Waals surface area contributed by atoms with Gasteiger partial charge in [0.2, 0.25) is 0 Å². The smallest absolute Gasteiger partial charge is 0.251 e. The van der Waals surface area contributed by atoms with Crippen molar-refractivity contribution in [1.82, 2.24) is 5.32 Å². The Morgan fingerprint density at radius 3 is 2.21 bits per heavy atom. The molecule has 0 saturated carbocycles. The summed E-state index contributed by atoms with van der Waals surface area (Å²) in [6, 6.07) is 18.1. The van der Waals surface area contributed by atoms with Gasteiger partial charge in [-0.2, -0.15) is 0 Å². The van der Waals surface area contributed by atoms with E-state index in [2.05, 4.69) is 47.5 Å². The van der Waals surface area contributed by atoms with E-state index in [1.165, 1.54) is 29.7 Å². The summed E-state index contributed by atoms with van der Waals surface area (Å²) in [5.41, 5.74) is 5.96. The number of hydrogen-bond acceptors (Lipinski definition) is 3. The first-order valence-electron chi connectivity index (χ1n) is 11.5. The number of nitrogens with one attached hydrogen (secondary N) is 1. The Morgan fingerprint density at radius 2 is 1.62 bits per heavy atom. The maximum atomic E-state index is 11.4. The molecule has 1 unspecified atom stereocenters. The van der Waals surface area contributed by atoms with E-state index in [1.54, 1.807) is 33.0 Å². The third-order valence-corrected chi connectivity index (χ3v) is 6.72. The number of piperidine rings is 1. The number of carbonyl (C=O) groups is 1. The molecule has 3 aromatic rings. The van der Waals surface area contributed by atoms with Crippen LogP contribution in [0, 0.1) is 20.8 Å². The SMILES string of the molecule is CNC(=O)c1c(C)cc(O)cc1C.Cc1ccc(N2CCCCC2c2ccc(Cl)cc2Cl)cc1. The standard InChI is InChI=1S/C18H19Cl2N.C10H13NO2/c1-13-5-8-15(9-6-13)21-11-3-2-4-18(21)16-10-7-14(19)12-17(16)20;1-6-4-8(12)5-7(2)9(6)10(13)11-3/h5-10,12,18H,2-4,11H2,1H3;4-5,12H,1-3H3,(H,11,13). The highest BCUT2D eigenvalue weighted by Crippen LogP contribution is 2.38. The van der Waals surface area contributed by atoms with Crippen LogP contribution in [-0.4, -0.2) is 24.6 Å². The molecule has 1 aliphatic heterocycles. The van der Waals surface area contributed by atoms with E-state index in [4.69, 9.17) is 23.2 Å². The average Bonchev–Trinajstić information content (AvgIpc) is 2.79. The average molecular weight is 499 g/mol. The van der Waals surface area contributed by atoms with Gasteiger partial charge in [0.15, 0.2) is 0 Å². The minimum Gasteiger partial charge on any atom is -0.508 e. The van der Waals surface area contributed by atoms with Crippen LogP contribution in [0.3, 0.4) is 0 Å². The third-order valence-electron chi connectivity index (χ3n) is 6.16. The van der Waals surface area contributed by atoms with Gasteiger partial charge in [0, 0.05) is 34.9 Å². The number of anilines is 1. The first-order valence-corrected chi connectivity index (χ1v) is 12.3. The number of aromatic hydroxyl groups is 1. The van der Waals surface area contributed by atoms with Gasteiger partial charge < -0.3 is 15.3 Å². The predicted octanol–water partition coefficient (Wildman–Crippen LogP) is 7.40. The van der Waals surface area contributed by atoms with Crippen molar-refractivity contribution >= 4 is 34.8 Å². The Kier molecular flexibility index (Phi) is 8.87. The molecular formula is C28H32Cl2N2O2. The van der Waals surface area contributed by atoms with E-state index in [0.29, 0.717) is 16.6 Å². The van der Waals surface area contributed by atoms with Crippen molar-refractivity contribution in [3.8, 4) is 5.75 Å². The molecule has 0 aromatic heterocycles. The normalized spacial score (nSPS) is 15.4. The number of hydrogen-bond donors (Lipinski definition) is 2. The molecule has 1 amide bonds. The first-order chi connectivity index (χ1) is 16.2. The second kappa shape index (κ2) is 11.6. The molecule has 0 radical (unpaired) electrons. The zero-order valence-corrected chi connectivity index (χ0v) is 21.7. The van der Waals surface area contributed by atoms with Crippen molar-refractivity contribution in [2.45, 2.75) is 46.1 Å². The molecule has 6 heteroatoms. The lowest BCUT2D eigenvalue weighted by molar-refractivity contribution is 0.0962. The summed E-state index contributed by atoms with van der Waals surface area (Å²) < 4.78 is 0. The fourth-order valence-electron chi connectivity index (χ4n) is 4.50. The van der Waals surface area contributed by atoms with Crippen LogP contribution >= 0.6 is 23.2 Å². The molecule has 2 N–H and O–H groups in total. The molecule has 4 rings (SSSR count). The van der Waals surface area contributed by atoms with Crippen LogP contribution < -0.4 is 10.2 Å². The highest BCUT2D eigenvalue weighted by Gasteiger charge is 2.26. The Labute approximate surface area is 212 Å². The van der Waals surface area contributed by atoms with E-state index >= 15 is 0 Å². The molecule has 0 aliphatic carbocycles. The quantitative estimate of drug-likeness (QED) is 0.395. The number of nitrogens with zero attached hydrogens (tertiary/aromatic N) is 1. The Morgan fingerprint density at radius 1 is 0.971 bits per heavy atom. The largest absolute Gasteiger partial charge is 0.508 e. The zero-order chi connectivity index (χ0) is 24.8. The zero-order valence-electron chi connectivity index (χ0n) is 20.2. The summed E-state index contributed by atoms with van der Waals surface area (Å²) in [4.78, 5) is 13.8. The minimum absolute atomic E-state index is 0.116. The third kappa shape index (κ3) is 6.25. The van der Waals surface area contributed by atoms with Gasteiger partial charge in [0.25, 0.3) is 5.91 Å². The molecule has 1 atom stereocenters. The highest BCUT2D eigenvalue weighted by molar-refractivity contribution is 6.35. The Balaban J connectivity index is 0.000000215. The number of rotatable bonds is 3. The van der Waals surface area contributed by atoms with Crippen LogP contribution in [0.4, 0.5) is 5.69 Å². The molecule has 1 heterocycles. The van der Waals surface area contributed by atoms with Gasteiger partial charge in [-0.3, -0.25) is 4.79 Å². The molecule has 0 spiro atoms. The van der Waals surface area contributed by atoms with Gasteiger partial charge in [0.1, 0.15) is 5.75 Å². The van der Waals surface area contributed by atoms with Gasteiger partial charge in [-0.25, -0.2) is 0 Å². The first kappa shape index (κ1) is 25.9. The van der Waals surface area contributed by atoms with Crippen molar-refractivity contribution in [3.05, 3.63) is 92.5 Å².